The largest absolute Gasteiger partial charge is 0.382 e. The van der Waals surface area contributed by atoms with Gasteiger partial charge < -0.3 is 5.32 Å². The van der Waals surface area contributed by atoms with Crippen molar-refractivity contribution in [2.45, 2.75) is 38.6 Å². The molecule has 0 amide bonds. The van der Waals surface area contributed by atoms with Crippen LogP contribution in [0.25, 0.3) is 10.4 Å². The Kier molecular flexibility index (Phi) is 3.88. The third kappa shape index (κ3) is 2.84. The minimum Gasteiger partial charge on any atom is -0.382 e. The monoisotopic (exact) mass is 271 g/mol. The van der Waals surface area contributed by atoms with E-state index in [1.807, 2.05) is 11.3 Å². The van der Waals surface area contributed by atoms with Gasteiger partial charge in [0.25, 0.3) is 0 Å². The molecule has 1 heterocycles. The quantitative estimate of drug-likeness (QED) is 0.784. The summed E-state index contributed by atoms with van der Waals surface area (Å²) < 4.78 is 0. The average molecular weight is 271 g/mol. The highest BCUT2D eigenvalue weighted by Crippen LogP contribution is 2.35. The van der Waals surface area contributed by atoms with Gasteiger partial charge in [-0.15, -0.1) is 11.3 Å². The Hall–Kier alpha value is -1.28. The summed E-state index contributed by atoms with van der Waals surface area (Å²) in [7, 11) is 0. The summed E-state index contributed by atoms with van der Waals surface area (Å²) in [6, 6.07) is 13.7. The number of hydrogen-bond donors (Lipinski definition) is 1. The van der Waals surface area contributed by atoms with E-state index in [1.165, 1.54) is 41.8 Å². The predicted octanol–water partition coefficient (Wildman–Crippen LogP) is 5.41. The zero-order valence-electron chi connectivity index (χ0n) is 11.4. The molecule has 1 aliphatic rings. The summed E-state index contributed by atoms with van der Waals surface area (Å²) in [5, 5.41) is 5.92. The van der Waals surface area contributed by atoms with Crippen molar-refractivity contribution < 1.29 is 0 Å². The van der Waals surface area contributed by atoms with Crippen LogP contribution < -0.4 is 5.32 Å². The lowest BCUT2D eigenvalue weighted by molar-refractivity contribution is 0.525. The second-order valence-corrected chi connectivity index (χ2v) is 6.40. The van der Waals surface area contributed by atoms with E-state index in [0.717, 1.165) is 5.92 Å². The minimum absolute atomic E-state index is 0.658. The van der Waals surface area contributed by atoms with Crippen molar-refractivity contribution in [3.05, 3.63) is 41.8 Å². The number of nitrogens with one attached hydrogen (secondary N) is 1. The minimum atomic E-state index is 0.658. The van der Waals surface area contributed by atoms with Crippen LogP contribution in [0.5, 0.6) is 0 Å². The molecule has 0 saturated heterocycles. The molecule has 19 heavy (non-hydrogen) atoms. The maximum absolute atomic E-state index is 3.77. The smallest absolute Gasteiger partial charge is 0.0430 e. The van der Waals surface area contributed by atoms with E-state index in [-0.39, 0.29) is 0 Å². The van der Waals surface area contributed by atoms with Crippen LogP contribution in [0.4, 0.5) is 5.69 Å². The number of anilines is 1. The first kappa shape index (κ1) is 12.7. The molecular formula is C17H21NS. The maximum atomic E-state index is 3.77. The molecular weight excluding hydrogens is 250 g/mol. The van der Waals surface area contributed by atoms with Crippen LogP contribution in [0.1, 0.15) is 32.6 Å². The molecule has 1 nitrogen and oxygen atoms in total. The van der Waals surface area contributed by atoms with Crippen LogP contribution in [-0.4, -0.2) is 6.04 Å². The standard InChI is InChI=1S/C17H21NS/c1-2-13-9-10-14(12-13)18-16-7-4-3-6-15(16)17-8-5-11-19-17/h3-8,11,13-14,18H,2,9-10,12H2,1H3. The van der Waals surface area contributed by atoms with Crippen molar-refractivity contribution in [2.24, 2.45) is 5.92 Å². The molecule has 1 fully saturated rings. The lowest BCUT2D eigenvalue weighted by atomic mass is 10.1. The Morgan fingerprint density at radius 3 is 2.79 bits per heavy atom. The van der Waals surface area contributed by atoms with Gasteiger partial charge >= 0.3 is 0 Å². The number of para-hydroxylation sites is 1. The molecule has 2 unspecified atom stereocenters. The topological polar surface area (TPSA) is 12.0 Å². The molecule has 1 N–H and O–H groups in total. The lowest BCUT2D eigenvalue weighted by Gasteiger charge is -2.17. The Bertz CT molecular complexity index is 518. The molecule has 2 aromatic rings. The van der Waals surface area contributed by atoms with Crippen molar-refractivity contribution in [1.82, 2.24) is 0 Å². The highest BCUT2D eigenvalue weighted by molar-refractivity contribution is 7.13. The maximum Gasteiger partial charge on any atom is 0.0430 e. The van der Waals surface area contributed by atoms with Crippen LogP contribution in [-0.2, 0) is 0 Å². The van der Waals surface area contributed by atoms with Gasteiger partial charge in [0.2, 0.25) is 0 Å². The molecule has 1 aliphatic carbocycles. The summed E-state index contributed by atoms with van der Waals surface area (Å²) in [6.07, 6.45) is 5.35. The molecule has 1 saturated carbocycles. The van der Waals surface area contributed by atoms with E-state index >= 15 is 0 Å². The summed E-state index contributed by atoms with van der Waals surface area (Å²) >= 11 is 1.81. The molecule has 2 atom stereocenters. The fourth-order valence-corrected chi connectivity index (χ4v) is 3.82. The third-order valence-corrected chi connectivity index (χ3v) is 5.10. The second-order valence-electron chi connectivity index (χ2n) is 5.45. The summed E-state index contributed by atoms with van der Waals surface area (Å²) in [6.45, 7) is 2.31. The van der Waals surface area contributed by atoms with Gasteiger partial charge in [0.15, 0.2) is 0 Å². The van der Waals surface area contributed by atoms with E-state index in [0.29, 0.717) is 6.04 Å². The zero-order chi connectivity index (χ0) is 13.1. The molecule has 100 valence electrons. The van der Waals surface area contributed by atoms with Gasteiger partial charge in [-0.2, -0.15) is 0 Å². The van der Waals surface area contributed by atoms with Gasteiger partial charge in [0.1, 0.15) is 0 Å². The number of benzene rings is 1. The van der Waals surface area contributed by atoms with Crippen LogP contribution in [0.3, 0.4) is 0 Å². The third-order valence-electron chi connectivity index (χ3n) is 4.19. The van der Waals surface area contributed by atoms with Crippen LogP contribution in [0.2, 0.25) is 0 Å². The van der Waals surface area contributed by atoms with Crippen molar-refractivity contribution in [1.29, 1.82) is 0 Å². The molecule has 0 radical (unpaired) electrons. The molecule has 1 aromatic carbocycles. The molecule has 0 aliphatic heterocycles. The first-order valence-electron chi connectivity index (χ1n) is 7.26. The van der Waals surface area contributed by atoms with Gasteiger partial charge in [-0.25, -0.2) is 0 Å². The fraction of sp³-hybridized carbons (Fsp3) is 0.412. The van der Waals surface area contributed by atoms with Crippen molar-refractivity contribution >= 4 is 17.0 Å². The van der Waals surface area contributed by atoms with Gasteiger partial charge in [-0.05, 0) is 42.7 Å². The fourth-order valence-electron chi connectivity index (χ4n) is 3.05. The molecule has 2 heteroatoms. The van der Waals surface area contributed by atoms with Crippen LogP contribution in [0.15, 0.2) is 41.8 Å². The van der Waals surface area contributed by atoms with Crippen molar-refractivity contribution in [3.8, 4) is 10.4 Å². The number of thiophene rings is 1. The Morgan fingerprint density at radius 1 is 1.16 bits per heavy atom. The Balaban J connectivity index is 1.78. The predicted molar refractivity (Wildman–Crippen MR) is 84.8 cm³/mol. The number of hydrogen-bond acceptors (Lipinski definition) is 2. The zero-order valence-corrected chi connectivity index (χ0v) is 12.2. The Labute approximate surface area is 119 Å². The summed E-state index contributed by atoms with van der Waals surface area (Å²) in [5.41, 5.74) is 2.64. The van der Waals surface area contributed by atoms with E-state index < -0.39 is 0 Å². The van der Waals surface area contributed by atoms with Gasteiger partial charge in [-0.1, -0.05) is 37.6 Å². The van der Waals surface area contributed by atoms with Gasteiger partial charge in [0, 0.05) is 22.2 Å². The van der Waals surface area contributed by atoms with Crippen molar-refractivity contribution in [3.63, 3.8) is 0 Å². The summed E-state index contributed by atoms with van der Waals surface area (Å²) in [5.74, 6) is 0.923. The Morgan fingerprint density at radius 2 is 2.05 bits per heavy atom. The molecule has 0 spiro atoms. The lowest BCUT2D eigenvalue weighted by Crippen LogP contribution is -2.15. The van der Waals surface area contributed by atoms with Crippen molar-refractivity contribution in [2.75, 3.05) is 5.32 Å². The average Bonchev–Trinajstić information content (AvgIpc) is 3.10. The first-order valence-corrected chi connectivity index (χ1v) is 8.14. The van der Waals surface area contributed by atoms with Crippen LogP contribution in [0, 0.1) is 5.92 Å². The van der Waals surface area contributed by atoms with E-state index in [4.69, 9.17) is 0 Å². The van der Waals surface area contributed by atoms with Gasteiger partial charge in [-0.3, -0.25) is 0 Å². The number of rotatable bonds is 4. The second kappa shape index (κ2) is 5.79. The molecule has 0 bridgehead atoms. The highest BCUT2D eigenvalue weighted by Gasteiger charge is 2.23. The SMILES string of the molecule is CCC1CCC(Nc2ccccc2-c2cccs2)C1. The normalized spacial score (nSPS) is 22.6. The molecule has 3 rings (SSSR count). The van der Waals surface area contributed by atoms with E-state index in [9.17, 15) is 0 Å². The van der Waals surface area contributed by atoms with E-state index in [1.54, 1.807) is 0 Å². The first-order chi connectivity index (χ1) is 9.36. The van der Waals surface area contributed by atoms with E-state index in [2.05, 4.69) is 54.0 Å². The van der Waals surface area contributed by atoms with Crippen LogP contribution >= 0.6 is 11.3 Å². The summed E-state index contributed by atoms with van der Waals surface area (Å²) in [4.78, 5) is 1.35. The molecule has 1 aromatic heterocycles. The highest BCUT2D eigenvalue weighted by atomic mass is 32.1. The van der Waals surface area contributed by atoms with Gasteiger partial charge in [0.05, 0.1) is 0 Å².